The first kappa shape index (κ1) is 66.4. The maximum atomic E-state index is 10.4. The normalized spacial score (nSPS) is 15.3. The van der Waals surface area contributed by atoms with Gasteiger partial charge in [0.05, 0.1) is 106 Å². The van der Waals surface area contributed by atoms with Crippen LogP contribution in [0.4, 0.5) is 34.1 Å². The summed E-state index contributed by atoms with van der Waals surface area (Å²) in [5, 5.41) is 8.65. The fraction of sp³-hybridized carbons (Fsp3) is 0.190. The molecule has 2 aliphatic rings. The van der Waals surface area contributed by atoms with Crippen LogP contribution >= 0.6 is 0 Å². The lowest BCUT2D eigenvalue weighted by atomic mass is 9.33. The van der Waals surface area contributed by atoms with E-state index < -0.39 is 103 Å². The second-order valence-electron chi connectivity index (χ2n) is 43.8. The molecule has 10 heteroatoms. The lowest BCUT2D eigenvalue weighted by Crippen LogP contribution is -2.61. The molecule has 0 bridgehead atoms. The highest BCUT2D eigenvalue weighted by Crippen LogP contribution is 2.55. The van der Waals surface area contributed by atoms with E-state index in [0.717, 1.165) is 115 Å². The van der Waals surface area contributed by atoms with Gasteiger partial charge in [0.1, 0.15) is 0 Å². The van der Waals surface area contributed by atoms with Crippen LogP contribution in [0.5, 0.6) is 0 Å². The Morgan fingerprint density at radius 1 is 0.206 bits per heavy atom. The van der Waals surface area contributed by atoms with Crippen molar-refractivity contribution in [1.82, 2.24) is 22.8 Å². The van der Waals surface area contributed by atoms with Gasteiger partial charge >= 0.3 is 0 Å². The lowest BCUT2D eigenvalue weighted by molar-refractivity contribution is 0.590. The van der Waals surface area contributed by atoms with E-state index in [0.29, 0.717) is 67.1 Å². The van der Waals surface area contributed by atoms with Gasteiger partial charge in [0.25, 0.3) is 6.71 Å². The second kappa shape index (κ2) is 28.3. The van der Waals surface area contributed by atoms with Crippen molar-refractivity contribution in [1.29, 1.82) is 0 Å². The van der Waals surface area contributed by atoms with Gasteiger partial charge in [-0.2, -0.15) is 0 Å². The first-order valence-corrected chi connectivity index (χ1v) is 47.2. The van der Waals surface area contributed by atoms with E-state index in [2.05, 4.69) is 330 Å². The van der Waals surface area contributed by atoms with Crippen molar-refractivity contribution in [3.63, 3.8) is 0 Å². The molecule has 7 aromatic heterocycles. The molecule has 17 aromatic carbocycles. The minimum absolute atomic E-state index is 0.102. The number of rotatable bonds is 7. The third kappa shape index (κ3) is 11.9. The van der Waals surface area contributed by atoms with Crippen LogP contribution in [0.25, 0.3) is 181 Å². The van der Waals surface area contributed by atoms with Crippen LogP contribution in [0.2, 0.25) is 0 Å². The van der Waals surface area contributed by atoms with Crippen LogP contribution in [0.15, 0.2) is 336 Å². The molecule has 0 saturated carbocycles. The Morgan fingerprint density at radius 2 is 0.449 bits per heavy atom. The maximum absolute atomic E-state index is 10.4. The van der Waals surface area contributed by atoms with Gasteiger partial charge in [-0.05, 0) is 240 Å². The largest absolute Gasteiger partial charge is 0.452 e. The number of aromatic nitrogens is 5. The van der Waals surface area contributed by atoms with Gasteiger partial charge in [0.2, 0.25) is 0 Å². The highest BCUT2D eigenvalue weighted by atomic mass is 16.3. The van der Waals surface area contributed by atoms with Crippen molar-refractivity contribution in [2.24, 2.45) is 0 Å². The monoisotopic (exact) mass is 1780 g/mol. The summed E-state index contributed by atoms with van der Waals surface area (Å²) in [6.45, 7) is 39.5. The van der Waals surface area contributed by atoms with Crippen LogP contribution in [0.1, 0.15) is 180 Å². The lowest BCUT2D eigenvalue weighted by Gasteiger charge is -2.44. The fourth-order valence-electron chi connectivity index (χ4n) is 22.2. The molecule has 9 heterocycles. The molecule has 0 saturated heterocycles. The number of hydrogen-bond acceptors (Lipinski definition) is 4. The van der Waals surface area contributed by atoms with E-state index in [9.17, 15) is 19.2 Å². The quantitative estimate of drug-likeness (QED) is 0.149. The summed E-state index contributed by atoms with van der Waals surface area (Å²) in [7, 11) is 0. The number of anilines is 6. The molecule has 136 heavy (non-hydrogen) atoms. The average Bonchev–Trinajstić information content (AvgIpc) is 1.37. The Morgan fingerprint density at radius 3 is 0.743 bits per heavy atom. The summed E-state index contributed by atoms with van der Waals surface area (Å²) in [6.07, 6.45) is 0. The number of hydrogen-bond donors (Lipinski definition) is 0. The SMILES string of the molecule is [2H]c1c([2H])c([2H])c2c(c1[2H])c1c([2H])c([2H])c([2H])c([2H])c1n2-c1cc2c3c(c1)N(c1cccc4c1oc1c(-n5c6c([2H])c([2H])c([2H])c([2H])c6c6c([2H])c([2H])c([2H])c([2H])c65)cccc14)c1cc(-n4c5ccc(C(C)(C)C)cc5c5cc(C(C)(C)C)ccc54)ccc1B3c1ccc(-n3c4ccc(C(C)(C)C)cc4c4cc(C(C)(C)C)ccc43)cc1N2c1cccc2c1oc1c(-n3c4ccc(C(C)(C)C)cc4c4cc(C(C)(C)C)ccc43)cccc12. The summed E-state index contributed by atoms with van der Waals surface area (Å²) >= 11 is 0. The smallest absolute Gasteiger partial charge is 0.252 e. The number of benzene rings is 17. The molecular formula is C126H108BN7O2. The molecular weight excluding hydrogens is 1650 g/mol. The molecule has 0 spiro atoms. The number of furan rings is 2. The number of para-hydroxylation sites is 8. The van der Waals surface area contributed by atoms with E-state index >= 15 is 0 Å². The third-order valence-electron chi connectivity index (χ3n) is 29.3. The summed E-state index contributed by atoms with van der Waals surface area (Å²) in [6, 6.07) is 73.4. The first-order valence-electron chi connectivity index (χ1n) is 55.2. The van der Waals surface area contributed by atoms with Crippen molar-refractivity contribution in [3.05, 3.63) is 361 Å². The fourth-order valence-corrected chi connectivity index (χ4v) is 22.2. The molecule has 0 N–H and O–H groups in total. The Balaban J connectivity index is 0.842. The molecule has 9 nitrogen and oxygen atoms in total. The molecule has 0 unspecified atom stereocenters. The topological polar surface area (TPSA) is 57.4 Å². The predicted molar refractivity (Wildman–Crippen MR) is 579 cm³/mol. The highest BCUT2D eigenvalue weighted by Gasteiger charge is 2.46. The summed E-state index contributed by atoms with van der Waals surface area (Å²) in [5.41, 5.74) is 21.2. The zero-order valence-electron chi connectivity index (χ0n) is 95.5. The molecule has 2 aliphatic heterocycles. The Kier molecular flexibility index (Phi) is 13.8. The van der Waals surface area contributed by atoms with E-state index in [-0.39, 0.29) is 93.1 Å². The van der Waals surface area contributed by atoms with Crippen LogP contribution in [0.3, 0.4) is 0 Å². The molecule has 0 atom stereocenters. The molecule has 0 aliphatic carbocycles. The van der Waals surface area contributed by atoms with Crippen LogP contribution in [-0.4, -0.2) is 29.5 Å². The molecule has 0 radical (unpaired) electrons. The molecule has 0 fully saturated rings. The first-order chi connectivity index (χ1) is 71.9. The summed E-state index contributed by atoms with van der Waals surface area (Å²) in [5.74, 6) is 0. The van der Waals surface area contributed by atoms with Gasteiger partial charge < -0.3 is 41.5 Å². The zero-order chi connectivity index (χ0) is 107. The molecule has 24 aromatic rings. The van der Waals surface area contributed by atoms with E-state index in [4.69, 9.17) is 11.6 Å². The van der Waals surface area contributed by atoms with Crippen molar-refractivity contribution in [3.8, 4) is 28.4 Å². The van der Waals surface area contributed by atoms with Gasteiger partial charge in [-0.25, -0.2) is 0 Å². The van der Waals surface area contributed by atoms with Crippen molar-refractivity contribution in [2.75, 3.05) is 9.80 Å². The molecule has 662 valence electrons. The maximum Gasteiger partial charge on any atom is 0.252 e. The molecule has 26 rings (SSSR count). The number of fused-ring (bicyclic) bond motifs is 25. The van der Waals surface area contributed by atoms with E-state index in [1.165, 1.54) is 26.8 Å². The average molecular weight is 1780 g/mol. The minimum atomic E-state index is -0.767. The van der Waals surface area contributed by atoms with Crippen LogP contribution < -0.4 is 26.2 Å². The van der Waals surface area contributed by atoms with Gasteiger partial charge in [-0.15, -0.1) is 0 Å². The Hall–Kier alpha value is -15.0. The van der Waals surface area contributed by atoms with Crippen LogP contribution in [0, 0.1) is 0 Å². The Labute approximate surface area is 815 Å². The Bertz CT molecular complexity index is 9820. The van der Waals surface area contributed by atoms with Gasteiger partial charge in [0, 0.05) is 110 Å². The predicted octanol–water partition coefficient (Wildman–Crippen LogP) is 32.8. The summed E-state index contributed by atoms with van der Waals surface area (Å²) in [4.78, 5) is 4.45. The standard InChI is InChI=1S/C126H108BN7O2/c1-121(2,3)73-47-57-102-90(63-73)91-64-74(122(4,5)6)48-58-103(91)128(102)79-53-55-96-112(69-79)133(110-45-29-37-88-86-35-27-43-108(117(86)135-119(88)110)131-100-41-25-21-33-84(100)85-34-22-26-42-101(85)131)114-71-81(130-98-39-23-19-31-82(98)83-32-20-24-40-99(83)130)72-115-116(114)127(96)97-56-54-80(129-104-59-49-75(123(7,8)9)65-92(104)93-66-76(124(10,11)12)50-60-105(93)129)70-113(97)134(115)111-46-30-38-89-87-36-28-44-109(118(87)136-120(89)111)132-106-61-51-77(125(13,14)15)67-94(106)95-68-78(126(16,17)18)52-62-107(95)132/h19-72H,1-18H3/i19D,20D,21D,22D,23D,24D,25D,26D,31D,32D,33D,34D,39D,40D,41D,42D. The van der Waals surface area contributed by atoms with Crippen molar-refractivity contribution >= 4 is 210 Å². The van der Waals surface area contributed by atoms with E-state index in [1.807, 2.05) is 36.4 Å². The second-order valence-corrected chi connectivity index (χ2v) is 43.8. The van der Waals surface area contributed by atoms with E-state index in [1.54, 1.807) is 16.7 Å². The zero-order valence-corrected chi connectivity index (χ0v) is 79.5. The van der Waals surface area contributed by atoms with Crippen molar-refractivity contribution < 1.29 is 30.8 Å². The minimum Gasteiger partial charge on any atom is -0.452 e. The summed E-state index contributed by atoms with van der Waals surface area (Å²) < 4.78 is 181. The highest BCUT2D eigenvalue weighted by molar-refractivity contribution is 7.00. The van der Waals surface area contributed by atoms with Gasteiger partial charge in [-0.3, -0.25) is 0 Å². The van der Waals surface area contributed by atoms with Gasteiger partial charge in [0.15, 0.2) is 22.3 Å². The number of nitrogens with zero attached hydrogens (tertiary/aromatic N) is 7. The van der Waals surface area contributed by atoms with Crippen molar-refractivity contribution in [2.45, 2.75) is 157 Å². The molecule has 0 amide bonds. The van der Waals surface area contributed by atoms with Gasteiger partial charge in [-0.1, -0.05) is 294 Å². The van der Waals surface area contributed by atoms with Crippen LogP contribution in [-0.2, 0) is 32.5 Å². The third-order valence-corrected chi connectivity index (χ3v) is 29.3.